The number of rotatable bonds is 7. The van der Waals surface area contributed by atoms with Crippen LogP contribution in [0, 0.1) is 25.2 Å². The van der Waals surface area contributed by atoms with Crippen LogP contribution in [-0.4, -0.2) is 22.0 Å². The summed E-state index contributed by atoms with van der Waals surface area (Å²) >= 11 is 0. The highest BCUT2D eigenvalue weighted by Crippen LogP contribution is 2.33. The predicted octanol–water partition coefficient (Wildman–Crippen LogP) is 5.53. The van der Waals surface area contributed by atoms with E-state index < -0.39 is 6.29 Å². The van der Waals surface area contributed by atoms with Crippen molar-refractivity contribution in [2.75, 3.05) is 0 Å². The second kappa shape index (κ2) is 9.82. The molecule has 0 aliphatic heterocycles. The van der Waals surface area contributed by atoms with E-state index in [4.69, 9.17) is 9.47 Å². The largest absolute Gasteiger partial charge is 0.451 e. The van der Waals surface area contributed by atoms with Crippen LogP contribution >= 0.6 is 0 Å². The molecule has 0 amide bonds. The number of esters is 1. The first-order chi connectivity index (χ1) is 14.5. The molecule has 0 saturated carbocycles. The molecule has 0 radical (unpaired) electrons. The van der Waals surface area contributed by atoms with Gasteiger partial charge in [-0.05, 0) is 37.3 Å². The van der Waals surface area contributed by atoms with E-state index in [9.17, 15) is 10.1 Å². The van der Waals surface area contributed by atoms with Crippen molar-refractivity contribution in [3.8, 4) is 6.07 Å². The molecule has 0 saturated heterocycles. The average Bonchev–Trinajstić information content (AvgIpc) is 3.01. The Morgan fingerprint density at radius 3 is 2.26 bits per heavy atom. The molecule has 0 spiro atoms. The SMILES string of the molecule is CCC(=O)OC(C)O/C(=C(/C#N)c1ccc(C(C)(C)C)cc1)c1c(C)c(C)nn1CC. The molecule has 2 aromatic rings. The molecule has 2 rings (SSSR count). The number of hydrogen-bond acceptors (Lipinski definition) is 5. The Hall–Kier alpha value is -3.07. The summed E-state index contributed by atoms with van der Waals surface area (Å²) in [6.07, 6.45) is -0.600. The van der Waals surface area contributed by atoms with Crippen LogP contribution in [0.3, 0.4) is 0 Å². The Morgan fingerprint density at radius 1 is 1.16 bits per heavy atom. The molecule has 1 aromatic heterocycles. The van der Waals surface area contributed by atoms with E-state index in [1.807, 2.05) is 49.7 Å². The maximum absolute atomic E-state index is 11.8. The molecule has 0 fully saturated rings. The summed E-state index contributed by atoms with van der Waals surface area (Å²) in [7, 11) is 0. The van der Waals surface area contributed by atoms with E-state index in [-0.39, 0.29) is 17.8 Å². The monoisotopic (exact) mass is 423 g/mol. The Kier molecular flexibility index (Phi) is 7.67. The highest BCUT2D eigenvalue weighted by atomic mass is 16.7. The lowest BCUT2D eigenvalue weighted by Crippen LogP contribution is -2.19. The van der Waals surface area contributed by atoms with Crippen LogP contribution < -0.4 is 0 Å². The minimum atomic E-state index is -0.848. The normalized spacial score (nSPS) is 13.3. The van der Waals surface area contributed by atoms with Crippen molar-refractivity contribution in [2.45, 2.75) is 80.1 Å². The lowest BCUT2D eigenvalue weighted by molar-refractivity contribution is -0.163. The predicted molar refractivity (Wildman–Crippen MR) is 122 cm³/mol. The minimum absolute atomic E-state index is 0.00573. The molecule has 6 heteroatoms. The molecule has 1 heterocycles. The molecule has 1 unspecified atom stereocenters. The van der Waals surface area contributed by atoms with Gasteiger partial charge in [-0.3, -0.25) is 9.48 Å². The standard InChI is InChI=1S/C25H33N3O3/c1-9-22(29)30-18(5)31-24(23-16(3)17(4)27-28(23)10-2)21(15-26)19-11-13-20(14-12-19)25(6,7)8/h11-14,18H,9-10H2,1-8H3/b24-21-. The number of ether oxygens (including phenoxy) is 2. The molecular formula is C25H33N3O3. The van der Waals surface area contributed by atoms with Crippen LogP contribution in [-0.2, 0) is 26.2 Å². The molecular weight excluding hydrogens is 390 g/mol. The fourth-order valence-corrected chi connectivity index (χ4v) is 3.26. The quantitative estimate of drug-likeness (QED) is 0.253. The number of nitriles is 1. The second-order valence-electron chi connectivity index (χ2n) is 8.55. The lowest BCUT2D eigenvalue weighted by atomic mass is 9.86. The van der Waals surface area contributed by atoms with Crippen molar-refractivity contribution < 1.29 is 14.3 Å². The smallest absolute Gasteiger partial charge is 0.308 e. The first-order valence-electron chi connectivity index (χ1n) is 10.7. The van der Waals surface area contributed by atoms with E-state index in [0.717, 1.165) is 22.5 Å². The van der Waals surface area contributed by atoms with Gasteiger partial charge in [0, 0.05) is 25.5 Å². The maximum atomic E-state index is 11.8. The van der Waals surface area contributed by atoms with E-state index in [0.29, 0.717) is 17.9 Å². The van der Waals surface area contributed by atoms with Crippen molar-refractivity contribution in [3.05, 3.63) is 52.3 Å². The highest BCUT2D eigenvalue weighted by Gasteiger charge is 2.25. The van der Waals surface area contributed by atoms with Gasteiger partial charge in [-0.25, -0.2) is 0 Å². The molecule has 0 N–H and O–H groups in total. The molecule has 0 aliphatic rings. The van der Waals surface area contributed by atoms with Crippen molar-refractivity contribution in [1.82, 2.24) is 9.78 Å². The van der Waals surface area contributed by atoms with Crippen molar-refractivity contribution in [3.63, 3.8) is 0 Å². The van der Waals surface area contributed by atoms with Crippen LogP contribution in [0.25, 0.3) is 11.3 Å². The zero-order chi connectivity index (χ0) is 23.3. The van der Waals surface area contributed by atoms with Crippen LogP contribution in [0.1, 0.15) is 76.0 Å². The third-order valence-corrected chi connectivity index (χ3v) is 5.19. The molecule has 1 atom stereocenters. The Bertz CT molecular complexity index is 1000. The highest BCUT2D eigenvalue weighted by molar-refractivity contribution is 5.94. The van der Waals surface area contributed by atoms with Crippen LogP contribution in [0.4, 0.5) is 0 Å². The van der Waals surface area contributed by atoms with E-state index >= 15 is 0 Å². The van der Waals surface area contributed by atoms with E-state index in [1.165, 1.54) is 5.56 Å². The van der Waals surface area contributed by atoms with Gasteiger partial charge < -0.3 is 9.47 Å². The van der Waals surface area contributed by atoms with Crippen LogP contribution in [0.15, 0.2) is 24.3 Å². The number of carbonyl (C=O) groups excluding carboxylic acids is 1. The van der Waals surface area contributed by atoms with Crippen molar-refractivity contribution >= 4 is 17.3 Å². The van der Waals surface area contributed by atoms with Gasteiger partial charge in [-0.15, -0.1) is 0 Å². The van der Waals surface area contributed by atoms with Gasteiger partial charge in [0.15, 0.2) is 5.76 Å². The topological polar surface area (TPSA) is 77.1 Å². The zero-order valence-electron chi connectivity index (χ0n) is 19.9. The number of hydrogen-bond donors (Lipinski definition) is 0. The molecule has 0 bridgehead atoms. The van der Waals surface area contributed by atoms with Crippen molar-refractivity contribution in [2.24, 2.45) is 0 Å². The number of nitrogens with zero attached hydrogens (tertiary/aromatic N) is 3. The molecule has 166 valence electrons. The maximum Gasteiger partial charge on any atom is 0.308 e. The van der Waals surface area contributed by atoms with Gasteiger partial charge in [0.1, 0.15) is 17.3 Å². The summed E-state index contributed by atoms with van der Waals surface area (Å²) in [4.78, 5) is 11.8. The second-order valence-corrected chi connectivity index (χ2v) is 8.55. The van der Waals surface area contributed by atoms with Crippen molar-refractivity contribution in [1.29, 1.82) is 5.26 Å². The van der Waals surface area contributed by atoms with Gasteiger partial charge in [-0.2, -0.15) is 10.4 Å². The first kappa shape index (κ1) is 24.2. The summed E-state index contributed by atoms with van der Waals surface area (Å²) in [5.41, 5.74) is 4.79. The fourth-order valence-electron chi connectivity index (χ4n) is 3.26. The molecule has 0 aliphatic carbocycles. The summed E-state index contributed by atoms with van der Waals surface area (Å²) in [6.45, 7) is 16.3. The van der Waals surface area contributed by atoms with Gasteiger partial charge in [0.25, 0.3) is 0 Å². The number of benzene rings is 1. The molecule has 31 heavy (non-hydrogen) atoms. The zero-order valence-corrected chi connectivity index (χ0v) is 19.9. The third kappa shape index (κ3) is 5.55. The third-order valence-electron chi connectivity index (χ3n) is 5.19. The number of aryl methyl sites for hydroxylation is 2. The molecule has 6 nitrogen and oxygen atoms in total. The van der Waals surface area contributed by atoms with Gasteiger partial charge in [-0.1, -0.05) is 52.0 Å². The summed E-state index contributed by atoms with van der Waals surface area (Å²) in [5.74, 6) is -0.000786. The Morgan fingerprint density at radius 2 is 1.77 bits per heavy atom. The fraction of sp³-hybridized carbons (Fsp3) is 0.480. The van der Waals surface area contributed by atoms with Gasteiger partial charge in [0.2, 0.25) is 6.29 Å². The summed E-state index contributed by atoms with van der Waals surface area (Å²) in [5, 5.41) is 14.7. The number of carbonyl (C=O) groups is 1. The Balaban J connectivity index is 2.68. The number of aromatic nitrogens is 2. The van der Waals surface area contributed by atoms with E-state index in [2.05, 4.69) is 31.9 Å². The van der Waals surface area contributed by atoms with E-state index in [1.54, 1.807) is 13.8 Å². The summed E-state index contributed by atoms with van der Waals surface area (Å²) in [6, 6.07) is 10.2. The Labute approximate surface area is 185 Å². The van der Waals surface area contributed by atoms with Gasteiger partial charge >= 0.3 is 5.97 Å². The summed E-state index contributed by atoms with van der Waals surface area (Å²) < 4.78 is 13.3. The molecule has 1 aromatic carbocycles. The minimum Gasteiger partial charge on any atom is -0.451 e. The average molecular weight is 424 g/mol. The van der Waals surface area contributed by atoms with Gasteiger partial charge in [0.05, 0.1) is 5.69 Å². The number of allylic oxidation sites excluding steroid dienone is 1. The van der Waals surface area contributed by atoms with Crippen LogP contribution in [0.2, 0.25) is 0 Å². The lowest BCUT2D eigenvalue weighted by Gasteiger charge is -2.21. The first-order valence-corrected chi connectivity index (χ1v) is 10.7. The van der Waals surface area contributed by atoms with Crippen LogP contribution in [0.5, 0.6) is 0 Å².